The molecule has 0 fully saturated rings. The van der Waals surface area contributed by atoms with E-state index in [1.54, 1.807) is 0 Å². The van der Waals surface area contributed by atoms with Crippen LogP contribution in [-0.2, 0) is 0 Å². The van der Waals surface area contributed by atoms with E-state index in [0.717, 1.165) is 24.2 Å². The number of pyridine rings is 1. The molecule has 1 atom stereocenters. The van der Waals surface area contributed by atoms with E-state index >= 15 is 0 Å². The molecule has 2 N–H and O–H groups in total. The van der Waals surface area contributed by atoms with Crippen molar-refractivity contribution in [1.82, 2.24) is 14.6 Å². The van der Waals surface area contributed by atoms with E-state index in [1.807, 2.05) is 29.6 Å². The van der Waals surface area contributed by atoms with Gasteiger partial charge in [0.2, 0.25) is 5.95 Å². The topological polar surface area (TPSA) is 62.5 Å². The number of aryl methyl sites for hydroxylation is 1. The van der Waals surface area contributed by atoms with Crippen molar-refractivity contribution in [2.24, 2.45) is 0 Å². The maximum Gasteiger partial charge on any atom is 0.243 e. The van der Waals surface area contributed by atoms with E-state index in [9.17, 15) is 0 Å². The lowest BCUT2D eigenvalue weighted by molar-refractivity contribution is 0.282. The van der Waals surface area contributed by atoms with Crippen LogP contribution >= 0.6 is 0 Å². The van der Waals surface area contributed by atoms with Crippen molar-refractivity contribution >= 4 is 11.6 Å². The van der Waals surface area contributed by atoms with Crippen LogP contribution in [0.15, 0.2) is 18.2 Å². The van der Waals surface area contributed by atoms with E-state index in [1.165, 1.54) is 0 Å². The molecule has 92 valence electrons. The molecular weight excluding hydrogens is 216 g/mol. The van der Waals surface area contributed by atoms with E-state index in [2.05, 4.69) is 22.3 Å². The third-order valence-electron chi connectivity index (χ3n) is 2.72. The van der Waals surface area contributed by atoms with E-state index < -0.39 is 0 Å². The Morgan fingerprint density at radius 3 is 3.00 bits per heavy atom. The fourth-order valence-corrected chi connectivity index (χ4v) is 1.79. The molecular formula is C12H18N4O. The normalized spacial score (nSPS) is 12.9. The second-order valence-electron chi connectivity index (χ2n) is 4.28. The highest BCUT2D eigenvalue weighted by atomic mass is 16.2. The first-order chi connectivity index (χ1) is 8.20. The summed E-state index contributed by atoms with van der Waals surface area (Å²) in [6.07, 6.45) is 1.70. The molecule has 2 rings (SSSR count). The lowest BCUT2D eigenvalue weighted by atomic mass is 10.2. The lowest BCUT2D eigenvalue weighted by Crippen LogP contribution is -2.16. The minimum Gasteiger partial charge on any atom is -0.396 e. The van der Waals surface area contributed by atoms with Gasteiger partial charge in [0, 0.05) is 18.3 Å². The van der Waals surface area contributed by atoms with E-state index in [-0.39, 0.29) is 12.6 Å². The summed E-state index contributed by atoms with van der Waals surface area (Å²) in [5, 5.41) is 16.4. The van der Waals surface area contributed by atoms with Crippen LogP contribution in [0.25, 0.3) is 5.65 Å². The third-order valence-corrected chi connectivity index (χ3v) is 2.72. The standard InChI is InChI=1S/C12H18N4O/c1-9(5-4-8-17)13-12-14-11-7-3-6-10(2)16(11)15-12/h3,6-7,9,17H,4-5,8H2,1-2H3,(H,13,15). The minimum absolute atomic E-state index is 0.226. The number of fused-ring (bicyclic) bond motifs is 1. The Hall–Kier alpha value is -1.62. The maximum atomic E-state index is 8.77. The van der Waals surface area contributed by atoms with Gasteiger partial charge in [0.1, 0.15) is 0 Å². The summed E-state index contributed by atoms with van der Waals surface area (Å²) in [4.78, 5) is 4.40. The fraction of sp³-hybridized carbons (Fsp3) is 0.500. The van der Waals surface area contributed by atoms with Crippen LogP contribution < -0.4 is 5.32 Å². The van der Waals surface area contributed by atoms with Gasteiger partial charge in [-0.05, 0) is 38.8 Å². The Labute approximate surface area is 100 Å². The second-order valence-corrected chi connectivity index (χ2v) is 4.28. The molecule has 5 heteroatoms. The van der Waals surface area contributed by atoms with Gasteiger partial charge in [-0.2, -0.15) is 4.98 Å². The quantitative estimate of drug-likeness (QED) is 0.825. The fourth-order valence-electron chi connectivity index (χ4n) is 1.79. The van der Waals surface area contributed by atoms with Crippen LogP contribution in [0.4, 0.5) is 5.95 Å². The summed E-state index contributed by atoms with van der Waals surface area (Å²) in [7, 11) is 0. The van der Waals surface area contributed by atoms with Crippen molar-refractivity contribution in [2.75, 3.05) is 11.9 Å². The molecule has 17 heavy (non-hydrogen) atoms. The number of nitrogens with one attached hydrogen (secondary N) is 1. The van der Waals surface area contributed by atoms with Crippen LogP contribution in [0.3, 0.4) is 0 Å². The molecule has 0 saturated carbocycles. The number of aromatic nitrogens is 3. The molecule has 0 saturated heterocycles. The number of aliphatic hydroxyl groups is 1. The summed E-state index contributed by atoms with van der Waals surface area (Å²) in [5.41, 5.74) is 1.91. The number of hydrogen-bond donors (Lipinski definition) is 2. The molecule has 0 aliphatic heterocycles. The summed E-state index contributed by atoms with van der Waals surface area (Å²) >= 11 is 0. The van der Waals surface area contributed by atoms with Gasteiger partial charge in [-0.15, -0.1) is 5.10 Å². The molecule has 0 amide bonds. The van der Waals surface area contributed by atoms with Crippen LogP contribution in [0.1, 0.15) is 25.5 Å². The first kappa shape index (κ1) is 11.9. The second kappa shape index (κ2) is 5.14. The molecule has 0 bridgehead atoms. The zero-order valence-electron chi connectivity index (χ0n) is 10.2. The number of aliphatic hydroxyl groups excluding tert-OH is 1. The van der Waals surface area contributed by atoms with E-state index in [0.29, 0.717) is 5.95 Å². The average molecular weight is 234 g/mol. The Bertz CT molecular complexity index is 494. The highest BCUT2D eigenvalue weighted by Crippen LogP contribution is 2.10. The van der Waals surface area contributed by atoms with Crippen molar-refractivity contribution in [3.05, 3.63) is 23.9 Å². The molecule has 0 aliphatic rings. The van der Waals surface area contributed by atoms with Gasteiger partial charge in [0.25, 0.3) is 0 Å². The maximum absolute atomic E-state index is 8.77. The van der Waals surface area contributed by atoms with Gasteiger partial charge in [-0.3, -0.25) is 0 Å². The summed E-state index contributed by atoms with van der Waals surface area (Å²) in [5.74, 6) is 0.643. The molecule has 1 unspecified atom stereocenters. The molecule has 5 nitrogen and oxygen atoms in total. The summed E-state index contributed by atoms with van der Waals surface area (Å²) in [6, 6.07) is 6.17. The van der Waals surface area contributed by atoms with Gasteiger partial charge in [-0.1, -0.05) is 6.07 Å². The zero-order chi connectivity index (χ0) is 12.3. The zero-order valence-corrected chi connectivity index (χ0v) is 10.2. The van der Waals surface area contributed by atoms with Crippen LogP contribution in [-0.4, -0.2) is 32.4 Å². The molecule has 2 aromatic rings. The largest absolute Gasteiger partial charge is 0.396 e. The highest BCUT2D eigenvalue weighted by molar-refractivity contribution is 5.44. The highest BCUT2D eigenvalue weighted by Gasteiger charge is 2.07. The molecule has 0 aromatic carbocycles. The van der Waals surface area contributed by atoms with Crippen molar-refractivity contribution < 1.29 is 5.11 Å². The number of rotatable bonds is 5. The molecule has 0 radical (unpaired) electrons. The van der Waals surface area contributed by atoms with E-state index in [4.69, 9.17) is 5.11 Å². The third kappa shape index (κ3) is 2.74. The summed E-state index contributed by atoms with van der Waals surface area (Å²) in [6.45, 7) is 4.29. The average Bonchev–Trinajstić information content (AvgIpc) is 2.70. The van der Waals surface area contributed by atoms with Crippen LogP contribution in [0.5, 0.6) is 0 Å². The van der Waals surface area contributed by atoms with Crippen LogP contribution in [0.2, 0.25) is 0 Å². The van der Waals surface area contributed by atoms with Crippen molar-refractivity contribution in [3.63, 3.8) is 0 Å². The predicted octanol–water partition coefficient (Wildman–Crippen LogP) is 1.61. The van der Waals surface area contributed by atoms with Crippen LogP contribution in [0, 0.1) is 6.92 Å². The monoisotopic (exact) mass is 234 g/mol. The SMILES string of the molecule is Cc1cccc2nc(NC(C)CCCO)nn12. The molecule has 2 aromatic heterocycles. The van der Waals surface area contributed by atoms with Crippen molar-refractivity contribution in [3.8, 4) is 0 Å². The Balaban J connectivity index is 2.11. The molecule has 2 heterocycles. The Kier molecular flexibility index (Phi) is 3.58. The number of hydrogen-bond acceptors (Lipinski definition) is 4. The number of nitrogens with zero attached hydrogens (tertiary/aromatic N) is 3. The number of anilines is 1. The van der Waals surface area contributed by atoms with Crippen molar-refractivity contribution in [1.29, 1.82) is 0 Å². The predicted molar refractivity (Wildman–Crippen MR) is 67.1 cm³/mol. The summed E-state index contributed by atoms with van der Waals surface area (Å²) < 4.78 is 1.82. The van der Waals surface area contributed by atoms with Gasteiger partial charge < -0.3 is 10.4 Å². The van der Waals surface area contributed by atoms with Gasteiger partial charge >= 0.3 is 0 Å². The molecule has 0 spiro atoms. The Morgan fingerprint density at radius 2 is 2.29 bits per heavy atom. The van der Waals surface area contributed by atoms with Crippen molar-refractivity contribution in [2.45, 2.75) is 32.7 Å². The Morgan fingerprint density at radius 1 is 1.47 bits per heavy atom. The van der Waals surface area contributed by atoms with Gasteiger partial charge in [-0.25, -0.2) is 4.52 Å². The first-order valence-electron chi connectivity index (χ1n) is 5.90. The minimum atomic E-state index is 0.226. The van der Waals surface area contributed by atoms with Gasteiger partial charge in [0.05, 0.1) is 0 Å². The lowest BCUT2D eigenvalue weighted by Gasteiger charge is -2.10. The first-order valence-corrected chi connectivity index (χ1v) is 5.90. The smallest absolute Gasteiger partial charge is 0.243 e. The van der Waals surface area contributed by atoms with Gasteiger partial charge in [0.15, 0.2) is 5.65 Å². The molecule has 0 aliphatic carbocycles.